The highest BCUT2D eigenvalue weighted by molar-refractivity contribution is 9.10. The van der Waals surface area contributed by atoms with Gasteiger partial charge in [0.1, 0.15) is 0 Å². The minimum atomic E-state index is -0.199. The number of aromatic nitrogens is 2. The third-order valence-electron chi connectivity index (χ3n) is 4.74. The highest BCUT2D eigenvalue weighted by Crippen LogP contribution is 2.34. The monoisotopic (exact) mass is 517 g/mol. The second-order valence-corrected chi connectivity index (χ2v) is 9.75. The standard InChI is InChI=1S/C21H16BrN3O4S2/c22-12-1-4-14(5-2-12)25-20(27)19-15(7-8-30-19)24-21(25)31-10-18(26)23-13-3-6-16-17(9-13)29-11-28-16/h1-6,9H,7-8,10-11H2,(H,23,26). The molecule has 0 unspecified atom stereocenters. The quantitative estimate of drug-likeness (QED) is 0.402. The Kier molecular flexibility index (Phi) is 5.68. The molecule has 0 bridgehead atoms. The van der Waals surface area contributed by atoms with E-state index in [4.69, 9.17) is 14.5 Å². The molecule has 0 atom stereocenters. The first-order valence-corrected chi connectivity index (χ1v) is 12.2. The molecule has 3 heterocycles. The number of fused-ring (bicyclic) bond motifs is 2. The maximum atomic E-state index is 13.2. The summed E-state index contributed by atoms with van der Waals surface area (Å²) in [6.45, 7) is 0.179. The molecular weight excluding hydrogens is 502 g/mol. The van der Waals surface area contributed by atoms with Crippen LogP contribution in [0.2, 0.25) is 0 Å². The fourth-order valence-electron chi connectivity index (χ4n) is 3.31. The molecule has 0 radical (unpaired) electrons. The van der Waals surface area contributed by atoms with Crippen LogP contribution in [0.3, 0.4) is 0 Å². The molecule has 0 spiro atoms. The molecule has 10 heteroatoms. The Hall–Kier alpha value is -2.43. The molecule has 0 aliphatic carbocycles. The van der Waals surface area contributed by atoms with E-state index in [1.165, 1.54) is 23.5 Å². The maximum Gasteiger partial charge on any atom is 0.272 e. The van der Waals surface area contributed by atoms with Gasteiger partial charge in [-0.1, -0.05) is 27.7 Å². The van der Waals surface area contributed by atoms with Crippen molar-refractivity contribution in [1.29, 1.82) is 0 Å². The van der Waals surface area contributed by atoms with Crippen molar-refractivity contribution in [2.75, 3.05) is 23.6 Å². The third kappa shape index (κ3) is 4.19. The second-order valence-electron chi connectivity index (χ2n) is 6.79. The van der Waals surface area contributed by atoms with Gasteiger partial charge in [0.2, 0.25) is 12.7 Å². The van der Waals surface area contributed by atoms with Gasteiger partial charge in [-0.3, -0.25) is 14.2 Å². The minimum absolute atomic E-state index is 0.0894. The van der Waals surface area contributed by atoms with Crippen LogP contribution in [0.5, 0.6) is 11.5 Å². The molecule has 31 heavy (non-hydrogen) atoms. The number of carbonyl (C=O) groups is 1. The number of hydrogen-bond acceptors (Lipinski definition) is 7. The summed E-state index contributed by atoms with van der Waals surface area (Å²) in [5.41, 5.74) is 2.06. The molecule has 1 aromatic heterocycles. The largest absolute Gasteiger partial charge is 0.454 e. The summed E-state index contributed by atoms with van der Waals surface area (Å²) < 4.78 is 13.1. The maximum absolute atomic E-state index is 13.2. The predicted molar refractivity (Wildman–Crippen MR) is 124 cm³/mol. The van der Waals surface area contributed by atoms with Crippen LogP contribution in [-0.2, 0) is 11.2 Å². The number of nitrogens with zero attached hydrogens (tertiary/aromatic N) is 2. The average molecular weight is 518 g/mol. The van der Waals surface area contributed by atoms with Gasteiger partial charge in [-0.2, -0.15) is 0 Å². The number of halogens is 1. The highest BCUT2D eigenvalue weighted by Gasteiger charge is 2.23. The summed E-state index contributed by atoms with van der Waals surface area (Å²) >= 11 is 6.20. The smallest absolute Gasteiger partial charge is 0.272 e. The number of anilines is 1. The minimum Gasteiger partial charge on any atom is -0.454 e. The molecule has 2 aliphatic heterocycles. The summed E-state index contributed by atoms with van der Waals surface area (Å²) in [5.74, 6) is 2.02. The zero-order valence-corrected chi connectivity index (χ0v) is 19.3. The summed E-state index contributed by atoms with van der Waals surface area (Å²) in [4.78, 5) is 31.1. The van der Waals surface area contributed by atoms with Crippen molar-refractivity contribution in [3.8, 4) is 17.2 Å². The van der Waals surface area contributed by atoms with Gasteiger partial charge in [0, 0.05) is 28.4 Å². The van der Waals surface area contributed by atoms with Gasteiger partial charge >= 0.3 is 0 Å². The molecule has 0 fully saturated rings. The molecule has 1 N–H and O–H groups in total. The van der Waals surface area contributed by atoms with Crippen LogP contribution in [0, 0.1) is 0 Å². The summed E-state index contributed by atoms with van der Waals surface area (Å²) in [6.07, 6.45) is 0.757. The predicted octanol–water partition coefficient (Wildman–Crippen LogP) is 4.10. The zero-order chi connectivity index (χ0) is 21.4. The van der Waals surface area contributed by atoms with Crippen molar-refractivity contribution in [2.45, 2.75) is 16.5 Å². The Morgan fingerprint density at radius 3 is 2.84 bits per heavy atom. The third-order valence-corrected chi connectivity index (χ3v) is 7.31. The Bertz CT molecular complexity index is 1230. The van der Waals surface area contributed by atoms with E-state index < -0.39 is 0 Å². The normalized spacial score (nSPS) is 13.8. The number of amides is 1. The van der Waals surface area contributed by atoms with E-state index >= 15 is 0 Å². The average Bonchev–Trinajstić information content (AvgIpc) is 3.42. The zero-order valence-electron chi connectivity index (χ0n) is 16.1. The molecule has 2 aliphatic rings. The number of rotatable bonds is 5. The van der Waals surface area contributed by atoms with Crippen LogP contribution < -0.4 is 20.3 Å². The van der Waals surface area contributed by atoms with Gasteiger partial charge in [0.15, 0.2) is 16.7 Å². The van der Waals surface area contributed by atoms with Gasteiger partial charge in [-0.25, -0.2) is 4.98 Å². The molecule has 3 aromatic rings. The van der Waals surface area contributed by atoms with E-state index in [1.54, 1.807) is 22.8 Å². The summed E-state index contributed by atoms with van der Waals surface area (Å²) in [6, 6.07) is 12.7. The Morgan fingerprint density at radius 1 is 1.19 bits per heavy atom. The van der Waals surface area contributed by atoms with Crippen LogP contribution in [0.1, 0.15) is 5.69 Å². The number of thioether (sulfide) groups is 2. The van der Waals surface area contributed by atoms with E-state index in [-0.39, 0.29) is 24.0 Å². The first kappa shape index (κ1) is 20.5. The Morgan fingerprint density at radius 2 is 2.00 bits per heavy atom. The highest BCUT2D eigenvalue weighted by atomic mass is 79.9. The lowest BCUT2D eigenvalue weighted by molar-refractivity contribution is -0.113. The molecule has 0 saturated carbocycles. The van der Waals surface area contributed by atoms with Crippen molar-refractivity contribution in [3.05, 3.63) is 63.0 Å². The van der Waals surface area contributed by atoms with Crippen molar-refractivity contribution in [1.82, 2.24) is 9.55 Å². The van der Waals surface area contributed by atoms with E-state index in [0.29, 0.717) is 27.2 Å². The van der Waals surface area contributed by atoms with Crippen molar-refractivity contribution in [3.63, 3.8) is 0 Å². The van der Waals surface area contributed by atoms with Gasteiger partial charge in [0.25, 0.3) is 5.56 Å². The Labute approximate surface area is 194 Å². The Balaban J connectivity index is 1.38. The van der Waals surface area contributed by atoms with E-state index in [9.17, 15) is 9.59 Å². The van der Waals surface area contributed by atoms with Crippen LogP contribution in [-0.4, -0.2) is 33.8 Å². The fourth-order valence-corrected chi connectivity index (χ4v) is 5.43. The number of carbonyl (C=O) groups excluding carboxylic acids is 1. The fraction of sp³-hybridized carbons (Fsp3) is 0.190. The van der Waals surface area contributed by atoms with Crippen molar-refractivity contribution in [2.24, 2.45) is 0 Å². The van der Waals surface area contributed by atoms with Crippen LogP contribution >= 0.6 is 39.5 Å². The van der Waals surface area contributed by atoms with E-state index in [1.807, 2.05) is 24.3 Å². The molecule has 5 rings (SSSR count). The molecule has 2 aromatic carbocycles. The molecular formula is C21H16BrN3O4S2. The first-order chi connectivity index (χ1) is 15.1. The number of nitrogens with one attached hydrogen (secondary N) is 1. The molecule has 1 amide bonds. The molecule has 0 saturated heterocycles. The molecule has 158 valence electrons. The number of benzene rings is 2. The van der Waals surface area contributed by atoms with E-state index in [0.717, 1.165) is 28.0 Å². The summed E-state index contributed by atoms with van der Waals surface area (Å²) in [7, 11) is 0. The van der Waals surface area contributed by atoms with Crippen molar-refractivity contribution < 1.29 is 14.3 Å². The lowest BCUT2D eigenvalue weighted by atomic mass is 10.3. The van der Waals surface area contributed by atoms with E-state index in [2.05, 4.69) is 21.2 Å². The lowest BCUT2D eigenvalue weighted by Crippen LogP contribution is -2.24. The number of ether oxygens (including phenoxy) is 2. The van der Waals surface area contributed by atoms with Crippen molar-refractivity contribution >= 4 is 51.0 Å². The van der Waals surface area contributed by atoms with Crippen LogP contribution in [0.4, 0.5) is 5.69 Å². The van der Waals surface area contributed by atoms with Gasteiger partial charge in [-0.15, -0.1) is 11.8 Å². The van der Waals surface area contributed by atoms with Gasteiger partial charge in [-0.05, 0) is 36.4 Å². The number of aryl methyl sites for hydroxylation is 1. The van der Waals surface area contributed by atoms with Crippen LogP contribution in [0.25, 0.3) is 5.69 Å². The topological polar surface area (TPSA) is 82.5 Å². The first-order valence-electron chi connectivity index (χ1n) is 9.45. The SMILES string of the molecule is O=C(CSc1nc2c(c(=O)n1-c1ccc(Br)cc1)SCC2)Nc1ccc2c(c1)OCO2. The lowest BCUT2D eigenvalue weighted by Gasteiger charge is -2.14. The van der Waals surface area contributed by atoms with Crippen LogP contribution in [0.15, 0.2) is 61.8 Å². The van der Waals surface area contributed by atoms with Gasteiger partial charge < -0.3 is 14.8 Å². The van der Waals surface area contributed by atoms with Gasteiger partial charge in [0.05, 0.1) is 22.0 Å². The summed E-state index contributed by atoms with van der Waals surface area (Å²) in [5, 5.41) is 3.36. The number of hydrogen-bond donors (Lipinski definition) is 1. The second kappa shape index (κ2) is 8.60. The molecule has 7 nitrogen and oxygen atoms in total.